The number of ether oxygens (including phenoxy) is 1. The van der Waals surface area contributed by atoms with Crippen molar-refractivity contribution in [2.45, 2.75) is 32.1 Å². The van der Waals surface area contributed by atoms with Gasteiger partial charge in [-0.1, -0.05) is 19.3 Å². The lowest BCUT2D eigenvalue weighted by Crippen LogP contribution is -2.25. The van der Waals surface area contributed by atoms with Crippen molar-refractivity contribution in [2.24, 2.45) is 5.92 Å². The summed E-state index contributed by atoms with van der Waals surface area (Å²) in [5, 5.41) is 5.54. The van der Waals surface area contributed by atoms with Crippen LogP contribution < -0.4 is 15.4 Å². The standard InChI is InChI=1S/C27H25F2N5O3/c28-15-37-19-10-11-20(21(29)12-19)27(36)31-18-8-6-16(7-9-18)25-32-22-13-24(30-14-23(22)33-25)34-26(35)17-4-2-1-3-5-17/h6-14,17H,1-5,15H2,(H,31,36)(H,32,33)(H,30,34,35). The van der Waals surface area contributed by atoms with E-state index in [4.69, 9.17) is 0 Å². The highest BCUT2D eigenvalue weighted by Gasteiger charge is 2.21. The predicted molar refractivity (Wildman–Crippen MR) is 135 cm³/mol. The van der Waals surface area contributed by atoms with Gasteiger partial charge in [0.15, 0.2) is 0 Å². The SMILES string of the molecule is O=C(Nc1ccc(-c2nc3cc(NC(=O)C4CCCCC4)ncc3[nH]2)cc1)c1ccc(OCF)cc1F. The lowest BCUT2D eigenvalue weighted by atomic mass is 9.89. The van der Waals surface area contributed by atoms with E-state index in [2.05, 4.69) is 30.3 Å². The van der Waals surface area contributed by atoms with Crippen molar-refractivity contribution >= 4 is 34.4 Å². The van der Waals surface area contributed by atoms with E-state index >= 15 is 0 Å². The first-order chi connectivity index (χ1) is 18.0. The number of halogens is 2. The number of carbonyl (C=O) groups excluding carboxylic acids is 2. The van der Waals surface area contributed by atoms with Crippen LogP contribution in [0.1, 0.15) is 42.5 Å². The molecule has 4 aromatic rings. The van der Waals surface area contributed by atoms with E-state index in [0.29, 0.717) is 22.8 Å². The second-order valence-electron chi connectivity index (χ2n) is 8.92. The van der Waals surface area contributed by atoms with E-state index in [1.807, 2.05) is 0 Å². The number of aromatic amines is 1. The summed E-state index contributed by atoms with van der Waals surface area (Å²) in [7, 11) is 0. The average molecular weight is 506 g/mol. The van der Waals surface area contributed by atoms with Crippen LogP contribution in [0.5, 0.6) is 5.75 Å². The number of nitrogens with one attached hydrogen (secondary N) is 3. The molecule has 5 rings (SSSR count). The molecule has 37 heavy (non-hydrogen) atoms. The van der Waals surface area contributed by atoms with E-state index in [9.17, 15) is 18.4 Å². The number of nitrogens with zero attached hydrogens (tertiary/aromatic N) is 2. The maximum Gasteiger partial charge on any atom is 0.258 e. The first-order valence-electron chi connectivity index (χ1n) is 12.1. The monoisotopic (exact) mass is 505 g/mol. The third kappa shape index (κ3) is 5.58. The summed E-state index contributed by atoms with van der Waals surface area (Å²) in [6, 6.07) is 12.1. The zero-order chi connectivity index (χ0) is 25.8. The molecule has 2 amide bonds. The van der Waals surface area contributed by atoms with Crippen LogP contribution >= 0.6 is 0 Å². The maximum absolute atomic E-state index is 14.2. The Kier molecular flexibility index (Phi) is 7.07. The van der Waals surface area contributed by atoms with Crippen LogP contribution in [0.25, 0.3) is 22.4 Å². The van der Waals surface area contributed by atoms with Gasteiger partial charge in [0.1, 0.15) is 23.2 Å². The number of aromatic nitrogens is 3. The van der Waals surface area contributed by atoms with Crippen molar-refractivity contribution in [1.29, 1.82) is 0 Å². The summed E-state index contributed by atoms with van der Waals surface area (Å²) in [4.78, 5) is 37.2. The normalized spacial score (nSPS) is 13.9. The van der Waals surface area contributed by atoms with Crippen LogP contribution in [0.4, 0.5) is 20.3 Å². The smallest absolute Gasteiger partial charge is 0.258 e. The molecule has 1 fully saturated rings. The number of carbonyl (C=O) groups is 2. The average Bonchev–Trinajstić information content (AvgIpc) is 3.33. The molecule has 0 atom stereocenters. The van der Waals surface area contributed by atoms with Crippen LogP contribution in [-0.4, -0.2) is 33.6 Å². The van der Waals surface area contributed by atoms with Crippen LogP contribution in [0.15, 0.2) is 54.7 Å². The number of amides is 2. The fourth-order valence-electron chi connectivity index (χ4n) is 4.45. The second-order valence-corrected chi connectivity index (χ2v) is 8.92. The summed E-state index contributed by atoms with van der Waals surface area (Å²) in [6.45, 7) is -1.09. The first kappa shape index (κ1) is 24.4. The lowest BCUT2D eigenvalue weighted by Gasteiger charge is -2.20. The van der Waals surface area contributed by atoms with Crippen molar-refractivity contribution in [3.63, 3.8) is 0 Å². The number of hydrogen-bond donors (Lipinski definition) is 3. The molecule has 0 aliphatic heterocycles. The van der Waals surface area contributed by atoms with Gasteiger partial charge >= 0.3 is 0 Å². The van der Waals surface area contributed by atoms with Gasteiger partial charge in [0.25, 0.3) is 5.91 Å². The van der Waals surface area contributed by atoms with Gasteiger partial charge in [0.2, 0.25) is 12.8 Å². The van der Waals surface area contributed by atoms with E-state index in [-0.39, 0.29) is 23.1 Å². The maximum atomic E-state index is 14.2. The molecular formula is C27H25F2N5O3. The molecule has 2 aromatic heterocycles. The van der Waals surface area contributed by atoms with Crippen molar-refractivity contribution in [1.82, 2.24) is 15.0 Å². The van der Waals surface area contributed by atoms with Gasteiger partial charge in [-0.25, -0.2) is 18.7 Å². The molecule has 1 aliphatic rings. The number of pyridine rings is 1. The van der Waals surface area contributed by atoms with Gasteiger partial charge in [-0.05, 0) is 49.2 Å². The Balaban J connectivity index is 1.26. The molecular weight excluding hydrogens is 480 g/mol. The largest absolute Gasteiger partial charge is 0.463 e. The van der Waals surface area contributed by atoms with Crippen molar-refractivity contribution in [3.8, 4) is 17.1 Å². The number of alkyl halides is 1. The minimum absolute atomic E-state index is 0.000612. The Morgan fingerprint density at radius 2 is 1.81 bits per heavy atom. The Morgan fingerprint density at radius 1 is 1.03 bits per heavy atom. The highest BCUT2D eigenvalue weighted by Crippen LogP contribution is 2.26. The molecule has 3 N–H and O–H groups in total. The number of imidazole rings is 1. The van der Waals surface area contributed by atoms with E-state index < -0.39 is 18.6 Å². The topological polar surface area (TPSA) is 109 Å². The number of H-pyrrole nitrogens is 1. The van der Waals surface area contributed by atoms with Crippen LogP contribution in [-0.2, 0) is 4.79 Å². The first-order valence-corrected chi connectivity index (χ1v) is 12.1. The minimum atomic E-state index is -1.09. The third-order valence-electron chi connectivity index (χ3n) is 6.42. The van der Waals surface area contributed by atoms with Crippen molar-refractivity contribution < 1.29 is 23.1 Å². The Bertz CT molecular complexity index is 1430. The van der Waals surface area contributed by atoms with Crippen molar-refractivity contribution in [2.75, 3.05) is 17.5 Å². The molecule has 0 radical (unpaired) electrons. The van der Waals surface area contributed by atoms with Crippen LogP contribution in [0, 0.1) is 11.7 Å². The summed E-state index contributed by atoms with van der Waals surface area (Å²) < 4.78 is 31.0. The van der Waals surface area contributed by atoms with E-state index in [1.165, 1.54) is 18.6 Å². The van der Waals surface area contributed by atoms with Gasteiger partial charge < -0.3 is 20.4 Å². The zero-order valence-electron chi connectivity index (χ0n) is 19.9. The molecule has 1 saturated carbocycles. The molecule has 0 saturated heterocycles. The van der Waals surface area contributed by atoms with Gasteiger partial charge in [0, 0.05) is 29.3 Å². The highest BCUT2D eigenvalue weighted by atomic mass is 19.1. The third-order valence-corrected chi connectivity index (χ3v) is 6.42. The van der Waals surface area contributed by atoms with Gasteiger partial charge in [-0.2, -0.15) is 0 Å². The lowest BCUT2D eigenvalue weighted by molar-refractivity contribution is -0.120. The molecule has 8 nitrogen and oxygen atoms in total. The predicted octanol–water partition coefficient (Wildman–Crippen LogP) is 5.84. The quantitative estimate of drug-likeness (QED) is 0.292. The Morgan fingerprint density at radius 3 is 2.54 bits per heavy atom. The second kappa shape index (κ2) is 10.7. The molecule has 0 unspecified atom stereocenters. The van der Waals surface area contributed by atoms with E-state index in [0.717, 1.165) is 42.8 Å². The Labute approximate surface area is 211 Å². The number of hydrogen-bond acceptors (Lipinski definition) is 5. The number of anilines is 2. The number of benzene rings is 2. The zero-order valence-corrected chi connectivity index (χ0v) is 19.9. The molecule has 190 valence electrons. The van der Waals surface area contributed by atoms with Crippen LogP contribution in [0.2, 0.25) is 0 Å². The van der Waals surface area contributed by atoms with Crippen LogP contribution in [0.3, 0.4) is 0 Å². The minimum Gasteiger partial charge on any atom is -0.463 e. The van der Waals surface area contributed by atoms with Gasteiger partial charge in [-0.3, -0.25) is 9.59 Å². The molecule has 0 spiro atoms. The molecule has 10 heteroatoms. The molecule has 2 aromatic carbocycles. The molecule has 1 aliphatic carbocycles. The fourth-order valence-corrected chi connectivity index (χ4v) is 4.45. The molecule has 0 bridgehead atoms. The summed E-state index contributed by atoms with van der Waals surface area (Å²) in [5.41, 5.74) is 2.42. The number of fused-ring (bicyclic) bond motifs is 1. The van der Waals surface area contributed by atoms with Crippen molar-refractivity contribution in [3.05, 3.63) is 66.1 Å². The van der Waals surface area contributed by atoms with E-state index in [1.54, 1.807) is 36.5 Å². The Hall–Kier alpha value is -4.34. The highest BCUT2D eigenvalue weighted by molar-refractivity contribution is 6.04. The number of rotatable bonds is 7. The van der Waals surface area contributed by atoms with Gasteiger partial charge in [0.05, 0.1) is 22.8 Å². The fraction of sp³-hybridized carbons (Fsp3) is 0.259. The molecule has 2 heterocycles. The summed E-state index contributed by atoms with van der Waals surface area (Å²) >= 11 is 0. The summed E-state index contributed by atoms with van der Waals surface area (Å²) in [6.07, 6.45) is 6.80. The van der Waals surface area contributed by atoms with Gasteiger partial charge in [-0.15, -0.1) is 0 Å². The summed E-state index contributed by atoms with van der Waals surface area (Å²) in [5.74, 6) is -0.355.